The average Bonchev–Trinajstić information content (AvgIpc) is 3.00. The van der Waals surface area contributed by atoms with Gasteiger partial charge in [0.15, 0.2) is 5.03 Å². The third-order valence-corrected chi connectivity index (χ3v) is 4.53. The fraction of sp³-hybridized carbons (Fsp3) is 0.600. The number of aromatic nitrogens is 2. The van der Waals surface area contributed by atoms with Crippen molar-refractivity contribution in [1.29, 1.82) is 5.26 Å². The molecule has 0 aromatic carbocycles. The van der Waals surface area contributed by atoms with E-state index in [0.29, 0.717) is 5.82 Å². The molecule has 6 nitrogen and oxygen atoms in total. The van der Waals surface area contributed by atoms with Crippen LogP contribution in [0.15, 0.2) is 11.2 Å². The van der Waals surface area contributed by atoms with Crippen LogP contribution in [0.25, 0.3) is 0 Å². The first-order valence-corrected chi connectivity index (χ1v) is 6.90. The summed E-state index contributed by atoms with van der Waals surface area (Å²) < 4.78 is 26.0. The number of hydrogen-bond donors (Lipinski definition) is 1. The zero-order valence-electron chi connectivity index (χ0n) is 9.55. The SMILES string of the molecule is Cc1ncc(S(=O)(=O)N(CCC#N)C2CC2)[nH]1. The van der Waals surface area contributed by atoms with Crippen molar-refractivity contribution in [2.75, 3.05) is 6.54 Å². The minimum Gasteiger partial charge on any atom is -0.332 e. The van der Waals surface area contributed by atoms with E-state index in [0.717, 1.165) is 12.8 Å². The highest BCUT2D eigenvalue weighted by atomic mass is 32.2. The lowest BCUT2D eigenvalue weighted by molar-refractivity contribution is 0.409. The van der Waals surface area contributed by atoms with E-state index in [1.165, 1.54) is 10.5 Å². The lowest BCUT2D eigenvalue weighted by Crippen LogP contribution is -2.34. The molecule has 1 heterocycles. The molecule has 17 heavy (non-hydrogen) atoms. The van der Waals surface area contributed by atoms with Crippen molar-refractivity contribution in [1.82, 2.24) is 14.3 Å². The van der Waals surface area contributed by atoms with E-state index >= 15 is 0 Å². The highest BCUT2D eigenvalue weighted by Gasteiger charge is 2.38. The van der Waals surface area contributed by atoms with Gasteiger partial charge in [0.25, 0.3) is 10.0 Å². The maximum Gasteiger partial charge on any atom is 0.260 e. The van der Waals surface area contributed by atoms with Crippen LogP contribution >= 0.6 is 0 Å². The van der Waals surface area contributed by atoms with Gasteiger partial charge in [-0.2, -0.15) is 9.57 Å². The summed E-state index contributed by atoms with van der Waals surface area (Å²) in [5.74, 6) is 0.569. The lowest BCUT2D eigenvalue weighted by Gasteiger charge is -2.19. The third-order valence-electron chi connectivity index (χ3n) is 2.66. The van der Waals surface area contributed by atoms with Crippen LogP contribution in [0, 0.1) is 18.3 Å². The first-order valence-electron chi connectivity index (χ1n) is 5.46. The standard InChI is InChI=1S/C10H14N4O2S/c1-8-12-7-10(13-8)17(15,16)14(6-2-5-11)9-3-4-9/h7,9H,2-4,6H2,1H3,(H,12,13). The molecule has 0 atom stereocenters. The molecule has 1 saturated carbocycles. The average molecular weight is 254 g/mol. The van der Waals surface area contributed by atoms with Gasteiger partial charge in [0.1, 0.15) is 5.82 Å². The van der Waals surface area contributed by atoms with Gasteiger partial charge < -0.3 is 4.98 Å². The molecule has 0 spiro atoms. The van der Waals surface area contributed by atoms with Crippen LogP contribution in [0.1, 0.15) is 25.1 Å². The topological polar surface area (TPSA) is 89.8 Å². The predicted molar refractivity (Wildman–Crippen MR) is 60.5 cm³/mol. The highest BCUT2D eigenvalue weighted by molar-refractivity contribution is 7.89. The van der Waals surface area contributed by atoms with Crippen LogP contribution in [-0.2, 0) is 10.0 Å². The Morgan fingerprint density at radius 2 is 2.35 bits per heavy atom. The van der Waals surface area contributed by atoms with Crippen molar-refractivity contribution in [2.45, 2.75) is 37.3 Å². The fourth-order valence-electron chi connectivity index (χ4n) is 1.68. The monoisotopic (exact) mass is 254 g/mol. The number of rotatable bonds is 5. The Balaban J connectivity index is 2.25. The molecule has 1 fully saturated rings. The Hall–Kier alpha value is -1.39. The molecule has 1 aromatic heterocycles. The quantitative estimate of drug-likeness (QED) is 0.841. The van der Waals surface area contributed by atoms with E-state index in [1.807, 2.05) is 6.07 Å². The Bertz CT molecular complexity index is 539. The van der Waals surface area contributed by atoms with Gasteiger partial charge >= 0.3 is 0 Å². The summed E-state index contributed by atoms with van der Waals surface area (Å²) >= 11 is 0. The molecule has 0 radical (unpaired) electrons. The maximum atomic E-state index is 12.3. The normalized spacial score (nSPS) is 16.1. The molecule has 1 aliphatic rings. The van der Waals surface area contributed by atoms with Gasteiger partial charge in [-0.15, -0.1) is 0 Å². The van der Waals surface area contributed by atoms with Crippen molar-refractivity contribution in [3.8, 4) is 6.07 Å². The van der Waals surface area contributed by atoms with Crippen molar-refractivity contribution in [3.05, 3.63) is 12.0 Å². The number of aromatic amines is 1. The summed E-state index contributed by atoms with van der Waals surface area (Å²) in [4.78, 5) is 6.63. The minimum absolute atomic E-state index is 0.0527. The second-order valence-corrected chi connectivity index (χ2v) is 5.95. The van der Waals surface area contributed by atoms with Crippen molar-refractivity contribution in [2.24, 2.45) is 0 Å². The molecule has 0 amide bonds. The van der Waals surface area contributed by atoms with Crippen LogP contribution < -0.4 is 0 Å². The molecular weight excluding hydrogens is 240 g/mol. The van der Waals surface area contributed by atoms with Crippen LogP contribution in [0.2, 0.25) is 0 Å². The third kappa shape index (κ3) is 2.48. The molecular formula is C10H14N4O2S. The highest BCUT2D eigenvalue weighted by Crippen LogP contribution is 2.31. The van der Waals surface area contributed by atoms with Crippen LogP contribution in [0.4, 0.5) is 0 Å². The molecule has 0 bridgehead atoms. The second kappa shape index (κ2) is 4.47. The molecule has 1 N–H and O–H groups in total. The Morgan fingerprint density at radius 3 is 2.82 bits per heavy atom. The van der Waals surface area contributed by atoms with Crippen LogP contribution in [-0.4, -0.2) is 35.3 Å². The minimum atomic E-state index is -3.53. The molecule has 0 aliphatic heterocycles. The summed E-state index contributed by atoms with van der Waals surface area (Å²) in [6, 6.07) is 2.03. The second-order valence-electron chi connectivity index (χ2n) is 4.09. The number of nitriles is 1. The van der Waals surface area contributed by atoms with Crippen molar-refractivity contribution >= 4 is 10.0 Å². The fourth-order valence-corrected chi connectivity index (χ4v) is 3.33. The van der Waals surface area contributed by atoms with Gasteiger partial charge in [-0.3, -0.25) is 0 Å². The summed E-state index contributed by atoms with van der Waals surface area (Å²) in [5, 5.41) is 8.68. The largest absolute Gasteiger partial charge is 0.332 e. The molecule has 1 aliphatic carbocycles. The molecule has 2 rings (SSSR count). The number of hydrogen-bond acceptors (Lipinski definition) is 4. The molecule has 0 saturated heterocycles. The smallest absolute Gasteiger partial charge is 0.260 e. The van der Waals surface area contributed by atoms with Gasteiger partial charge in [-0.25, -0.2) is 13.4 Å². The summed E-state index contributed by atoms with van der Waals surface area (Å²) in [5.41, 5.74) is 0. The maximum absolute atomic E-state index is 12.3. The zero-order valence-corrected chi connectivity index (χ0v) is 10.4. The van der Waals surface area contributed by atoms with Gasteiger partial charge in [0.05, 0.1) is 12.3 Å². The van der Waals surface area contributed by atoms with E-state index in [9.17, 15) is 8.42 Å². The first-order chi connectivity index (χ1) is 8.05. The van der Waals surface area contributed by atoms with Crippen molar-refractivity contribution < 1.29 is 8.42 Å². The van der Waals surface area contributed by atoms with Crippen molar-refractivity contribution in [3.63, 3.8) is 0 Å². The van der Waals surface area contributed by atoms with E-state index in [-0.39, 0.29) is 24.0 Å². The summed E-state index contributed by atoms with van der Waals surface area (Å²) in [6.07, 6.45) is 3.28. The first kappa shape index (κ1) is 12.1. The number of aryl methyl sites for hydroxylation is 1. The van der Waals surface area contributed by atoms with Gasteiger partial charge in [0, 0.05) is 19.0 Å². The van der Waals surface area contributed by atoms with Gasteiger partial charge in [-0.05, 0) is 19.8 Å². The molecule has 92 valence electrons. The van der Waals surface area contributed by atoms with Gasteiger partial charge in [-0.1, -0.05) is 0 Å². The number of H-pyrrole nitrogens is 1. The van der Waals surface area contributed by atoms with E-state index in [4.69, 9.17) is 5.26 Å². The number of sulfonamides is 1. The van der Waals surface area contributed by atoms with E-state index in [2.05, 4.69) is 9.97 Å². The van der Waals surface area contributed by atoms with Gasteiger partial charge in [0.2, 0.25) is 0 Å². The number of nitrogens with one attached hydrogen (secondary N) is 1. The van der Waals surface area contributed by atoms with Crippen LogP contribution in [0.5, 0.6) is 0 Å². The van der Waals surface area contributed by atoms with E-state index in [1.54, 1.807) is 6.92 Å². The van der Waals surface area contributed by atoms with Crippen LogP contribution in [0.3, 0.4) is 0 Å². The lowest BCUT2D eigenvalue weighted by atomic mass is 10.4. The molecule has 1 aromatic rings. The van der Waals surface area contributed by atoms with E-state index < -0.39 is 10.0 Å². The summed E-state index contributed by atoms with van der Waals surface area (Å²) in [6.45, 7) is 1.96. The Morgan fingerprint density at radius 1 is 1.65 bits per heavy atom. The number of nitrogens with zero attached hydrogens (tertiary/aromatic N) is 3. The molecule has 7 heteroatoms. The predicted octanol–water partition coefficient (Wildman–Crippen LogP) is 0.785. The number of imidazole rings is 1. The molecule has 0 unspecified atom stereocenters. The Kier molecular flexibility index (Phi) is 3.17. The summed E-state index contributed by atoms with van der Waals surface area (Å²) in [7, 11) is -3.53. The zero-order chi connectivity index (χ0) is 12.5. The Labute approximate surface area is 100 Å².